The summed E-state index contributed by atoms with van der Waals surface area (Å²) in [5.74, 6) is -0.535. The number of aryl methyl sites for hydroxylation is 1. The number of amides is 1. The van der Waals surface area contributed by atoms with Crippen molar-refractivity contribution in [2.75, 3.05) is 5.32 Å². The van der Waals surface area contributed by atoms with E-state index in [1.165, 1.54) is 12.1 Å². The third kappa shape index (κ3) is 2.15. The first kappa shape index (κ1) is 11.7. The molecule has 2 nitrogen and oxygen atoms in total. The van der Waals surface area contributed by atoms with Gasteiger partial charge in [-0.2, -0.15) is 0 Å². The van der Waals surface area contributed by atoms with Crippen LogP contribution in [0.3, 0.4) is 0 Å². The minimum absolute atomic E-state index is 0.192. The van der Waals surface area contributed by atoms with Crippen molar-refractivity contribution in [1.29, 1.82) is 0 Å². The molecule has 0 saturated heterocycles. The summed E-state index contributed by atoms with van der Waals surface area (Å²) in [4.78, 5) is 11.9. The lowest BCUT2D eigenvalue weighted by molar-refractivity contribution is -0.110. The fourth-order valence-electron chi connectivity index (χ4n) is 2.23. The second-order valence-corrected chi connectivity index (χ2v) is 4.62. The van der Waals surface area contributed by atoms with Gasteiger partial charge in [0.05, 0.1) is 0 Å². The van der Waals surface area contributed by atoms with Crippen LogP contribution in [0, 0.1) is 12.7 Å². The van der Waals surface area contributed by atoms with Gasteiger partial charge in [-0.05, 0) is 36.8 Å². The van der Waals surface area contributed by atoms with Crippen molar-refractivity contribution in [3.8, 4) is 0 Å². The number of hydrogen-bond donors (Lipinski definition) is 1. The van der Waals surface area contributed by atoms with Gasteiger partial charge >= 0.3 is 0 Å². The van der Waals surface area contributed by atoms with Crippen LogP contribution in [0.25, 0.3) is 11.6 Å². The second kappa shape index (κ2) is 4.35. The fraction of sp³-hybridized carbons (Fsp3) is 0.0625. The Morgan fingerprint density at radius 2 is 2.00 bits per heavy atom. The zero-order chi connectivity index (χ0) is 13.4. The third-order valence-electron chi connectivity index (χ3n) is 3.12. The van der Waals surface area contributed by atoms with E-state index in [4.69, 9.17) is 0 Å². The van der Waals surface area contributed by atoms with Crippen molar-refractivity contribution in [1.82, 2.24) is 0 Å². The van der Waals surface area contributed by atoms with Crippen LogP contribution in [0.1, 0.15) is 16.7 Å². The van der Waals surface area contributed by atoms with E-state index in [0.717, 1.165) is 11.1 Å². The quantitative estimate of drug-likeness (QED) is 0.772. The Kier molecular flexibility index (Phi) is 2.67. The summed E-state index contributed by atoms with van der Waals surface area (Å²) in [6.07, 6.45) is 1.79. The van der Waals surface area contributed by atoms with E-state index in [0.29, 0.717) is 16.8 Å². The SMILES string of the molecule is Cc1cccc(/C=C2/C(=O)Nc3ccc(F)cc32)c1. The number of anilines is 1. The van der Waals surface area contributed by atoms with Gasteiger partial charge in [-0.1, -0.05) is 29.8 Å². The van der Waals surface area contributed by atoms with Crippen LogP contribution < -0.4 is 5.32 Å². The normalized spacial score (nSPS) is 15.5. The molecule has 1 aliphatic rings. The molecule has 1 amide bonds. The summed E-state index contributed by atoms with van der Waals surface area (Å²) in [5.41, 5.74) is 3.83. The first-order valence-electron chi connectivity index (χ1n) is 6.03. The summed E-state index contributed by atoms with van der Waals surface area (Å²) >= 11 is 0. The molecule has 0 bridgehead atoms. The molecule has 0 atom stereocenters. The average Bonchev–Trinajstić information content (AvgIpc) is 2.66. The summed E-state index contributed by atoms with van der Waals surface area (Å²) in [5, 5.41) is 2.74. The van der Waals surface area contributed by atoms with Crippen molar-refractivity contribution in [2.24, 2.45) is 0 Å². The molecule has 0 unspecified atom stereocenters. The predicted octanol–water partition coefficient (Wildman–Crippen LogP) is 3.63. The molecule has 3 rings (SSSR count). The Balaban J connectivity index is 2.11. The molecular weight excluding hydrogens is 241 g/mol. The average molecular weight is 253 g/mol. The summed E-state index contributed by atoms with van der Waals surface area (Å²) in [6, 6.07) is 12.1. The van der Waals surface area contributed by atoms with Gasteiger partial charge in [-0.15, -0.1) is 0 Å². The van der Waals surface area contributed by atoms with E-state index in [2.05, 4.69) is 5.32 Å². The molecule has 0 aromatic heterocycles. The largest absolute Gasteiger partial charge is 0.321 e. The van der Waals surface area contributed by atoms with Crippen molar-refractivity contribution in [3.63, 3.8) is 0 Å². The van der Waals surface area contributed by atoms with Crippen LogP contribution in [-0.4, -0.2) is 5.91 Å². The number of nitrogens with one attached hydrogen (secondary N) is 1. The highest BCUT2D eigenvalue weighted by Crippen LogP contribution is 2.33. The van der Waals surface area contributed by atoms with E-state index in [1.54, 1.807) is 12.1 Å². The zero-order valence-corrected chi connectivity index (χ0v) is 10.4. The van der Waals surface area contributed by atoms with Gasteiger partial charge in [-0.25, -0.2) is 4.39 Å². The molecule has 94 valence electrons. The Labute approximate surface area is 110 Å². The van der Waals surface area contributed by atoms with E-state index in [1.807, 2.05) is 31.2 Å². The molecule has 19 heavy (non-hydrogen) atoms. The van der Waals surface area contributed by atoms with Crippen LogP contribution in [0.2, 0.25) is 0 Å². The van der Waals surface area contributed by atoms with Gasteiger partial charge < -0.3 is 5.32 Å². The van der Waals surface area contributed by atoms with E-state index in [-0.39, 0.29) is 11.7 Å². The van der Waals surface area contributed by atoms with E-state index < -0.39 is 0 Å². The highest BCUT2D eigenvalue weighted by atomic mass is 19.1. The van der Waals surface area contributed by atoms with Crippen LogP contribution in [0.5, 0.6) is 0 Å². The standard InChI is InChI=1S/C16H12FNO/c1-10-3-2-4-11(7-10)8-14-13-9-12(17)5-6-15(13)18-16(14)19/h2-9H,1H3,(H,18,19)/b14-8+. The topological polar surface area (TPSA) is 29.1 Å². The number of rotatable bonds is 1. The monoisotopic (exact) mass is 253 g/mol. The number of carbonyl (C=O) groups is 1. The summed E-state index contributed by atoms with van der Waals surface area (Å²) in [7, 11) is 0. The first-order chi connectivity index (χ1) is 9.13. The van der Waals surface area contributed by atoms with Gasteiger partial charge in [0.2, 0.25) is 0 Å². The summed E-state index contributed by atoms with van der Waals surface area (Å²) < 4.78 is 13.3. The second-order valence-electron chi connectivity index (χ2n) is 4.62. The molecule has 0 aliphatic carbocycles. The molecule has 0 radical (unpaired) electrons. The maximum atomic E-state index is 13.3. The molecule has 3 heteroatoms. The smallest absolute Gasteiger partial charge is 0.256 e. The van der Waals surface area contributed by atoms with Crippen molar-refractivity contribution < 1.29 is 9.18 Å². The van der Waals surface area contributed by atoms with Crippen LogP contribution >= 0.6 is 0 Å². The maximum absolute atomic E-state index is 13.3. The minimum Gasteiger partial charge on any atom is -0.321 e. The van der Waals surface area contributed by atoms with Crippen LogP contribution in [0.15, 0.2) is 42.5 Å². The zero-order valence-electron chi connectivity index (χ0n) is 10.4. The van der Waals surface area contributed by atoms with Gasteiger partial charge in [0.25, 0.3) is 5.91 Å². The van der Waals surface area contributed by atoms with E-state index in [9.17, 15) is 9.18 Å². The minimum atomic E-state index is -0.342. The van der Waals surface area contributed by atoms with Crippen molar-refractivity contribution in [2.45, 2.75) is 6.92 Å². The van der Waals surface area contributed by atoms with E-state index >= 15 is 0 Å². The number of hydrogen-bond acceptors (Lipinski definition) is 1. The fourth-order valence-corrected chi connectivity index (χ4v) is 2.23. The number of halogens is 1. The molecular formula is C16H12FNO. The molecule has 0 fully saturated rings. The van der Waals surface area contributed by atoms with Gasteiger partial charge in [0.1, 0.15) is 5.82 Å². The van der Waals surface area contributed by atoms with Gasteiger partial charge in [-0.3, -0.25) is 4.79 Å². The highest BCUT2D eigenvalue weighted by molar-refractivity contribution is 6.34. The molecule has 2 aromatic rings. The van der Waals surface area contributed by atoms with Crippen molar-refractivity contribution >= 4 is 23.2 Å². The lowest BCUT2D eigenvalue weighted by Gasteiger charge is -2.00. The molecule has 1 aliphatic heterocycles. The number of fused-ring (bicyclic) bond motifs is 1. The molecule has 0 spiro atoms. The molecule has 1 N–H and O–H groups in total. The Hall–Kier alpha value is -2.42. The Bertz CT molecular complexity index is 704. The number of carbonyl (C=O) groups excluding carboxylic acids is 1. The highest BCUT2D eigenvalue weighted by Gasteiger charge is 2.24. The van der Waals surface area contributed by atoms with Gasteiger partial charge in [0.15, 0.2) is 0 Å². The van der Waals surface area contributed by atoms with Gasteiger partial charge in [0, 0.05) is 16.8 Å². The lowest BCUT2D eigenvalue weighted by Crippen LogP contribution is -2.03. The molecule has 1 heterocycles. The van der Waals surface area contributed by atoms with Crippen molar-refractivity contribution in [3.05, 3.63) is 65.0 Å². The molecule has 0 saturated carbocycles. The maximum Gasteiger partial charge on any atom is 0.256 e. The molecule has 2 aromatic carbocycles. The first-order valence-corrected chi connectivity index (χ1v) is 6.03. The Morgan fingerprint density at radius 1 is 1.16 bits per heavy atom. The summed E-state index contributed by atoms with van der Waals surface area (Å²) in [6.45, 7) is 1.99. The Morgan fingerprint density at radius 3 is 2.79 bits per heavy atom. The lowest BCUT2D eigenvalue weighted by atomic mass is 10.0. The van der Waals surface area contributed by atoms with Crippen LogP contribution in [-0.2, 0) is 4.79 Å². The van der Waals surface area contributed by atoms with Crippen LogP contribution in [0.4, 0.5) is 10.1 Å². The predicted molar refractivity (Wildman–Crippen MR) is 74.1 cm³/mol. The third-order valence-corrected chi connectivity index (χ3v) is 3.12. The number of benzene rings is 2.